The van der Waals surface area contributed by atoms with E-state index in [4.69, 9.17) is 9.72 Å². The van der Waals surface area contributed by atoms with Crippen LogP contribution >= 0.6 is 0 Å². The summed E-state index contributed by atoms with van der Waals surface area (Å²) in [4.78, 5) is 14.6. The molecule has 0 fully saturated rings. The van der Waals surface area contributed by atoms with Crippen molar-refractivity contribution in [2.24, 2.45) is 0 Å². The maximum Gasteiger partial charge on any atom is 0.146 e. The number of imidazole rings is 1. The zero-order valence-electron chi connectivity index (χ0n) is 17.9. The molecule has 0 radical (unpaired) electrons. The van der Waals surface area contributed by atoms with E-state index >= 15 is 0 Å². The molecule has 4 heterocycles. The van der Waals surface area contributed by atoms with E-state index in [1.807, 2.05) is 36.8 Å². The van der Waals surface area contributed by atoms with Gasteiger partial charge in [0.15, 0.2) is 0 Å². The fourth-order valence-electron chi connectivity index (χ4n) is 4.96. The molecule has 0 spiro atoms. The summed E-state index contributed by atoms with van der Waals surface area (Å²) in [5.74, 6) is 0.804. The summed E-state index contributed by atoms with van der Waals surface area (Å²) in [6.07, 6.45) is 5.66. The number of hydrogen-bond acceptors (Lipinski definition) is 4. The number of pyridine rings is 3. The molecule has 0 aliphatic heterocycles. The van der Waals surface area contributed by atoms with Crippen LogP contribution in [0.3, 0.4) is 0 Å². The summed E-state index contributed by atoms with van der Waals surface area (Å²) < 4.78 is 8.02. The SMILES string of the molecule is COc1cn2c(nc3c4cccnc4c4ncccc4c32)c2c(-c3ccccc3)cccc12. The number of benzene rings is 3. The fourth-order valence-corrected chi connectivity index (χ4v) is 4.96. The van der Waals surface area contributed by atoms with Gasteiger partial charge in [-0.15, -0.1) is 0 Å². The molecule has 0 unspecified atom stereocenters. The van der Waals surface area contributed by atoms with Crippen molar-refractivity contribution in [3.8, 4) is 16.9 Å². The molecule has 156 valence electrons. The van der Waals surface area contributed by atoms with Crippen LogP contribution in [0.1, 0.15) is 0 Å². The summed E-state index contributed by atoms with van der Waals surface area (Å²) >= 11 is 0. The Hall–Kier alpha value is -4.51. The van der Waals surface area contributed by atoms with E-state index in [1.165, 1.54) is 0 Å². The van der Waals surface area contributed by atoms with Gasteiger partial charge in [-0.3, -0.25) is 14.4 Å². The number of methoxy groups -OCH3 is 1. The van der Waals surface area contributed by atoms with Crippen molar-refractivity contribution in [3.63, 3.8) is 0 Å². The van der Waals surface area contributed by atoms with Crippen LogP contribution in [0.15, 0.2) is 91.4 Å². The monoisotopic (exact) mass is 426 g/mol. The van der Waals surface area contributed by atoms with Crippen molar-refractivity contribution in [1.82, 2.24) is 19.4 Å². The number of ether oxygens (including phenoxy) is 1. The number of nitrogens with zero attached hydrogens (tertiary/aromatic N) is 4. The van der Waals surface area contributed by atoms with Crippen LogP contribution in [0.2, 0.25) is 0 Å². The first kappa shape index (κ1) is 18.1. The van der Waals surface area contributed by atoms with E-state index in [9.17, 15) is 0 Å². The van der Waals surface area contributed by atoms with Gasteiger partial charge < -0.3 is 4.74 Å². The lowest BCUT2D eigenvalue weighted by atomic mass is 9.99. The maximum atomic E-state index is 5.87. The van der Waals surface area contributed by atoms with E-state index in [0.29, 0.717) is 0 Å². The second-order valence-corrected chi connectivity index (χ2v) is 8.09. The minimum atomic E-state index is 0.804. The van der Waals surface area contributed by atoms with Gasteiger partial charge in [0, 0.05) is 33.9 Å². The van der Waals surface area contributed by atoms with Gasteiger partial charge in [-0.1, -0.05) is 48.5 Å². The lowest BCUT2D eigenvalue weighted by Gasteiger charge is -2.12. The maximum absolute atomic E-state index is 5.87. The van der Waals surface area contributed by atoms with Gasteiger partial charge in [-0.2, -0.15) is 0 Å². The molecule has 33 heavy (non-hydrogen) atoms. The Bertz CT molecular complexity index is 1860. The van der Waals surface area contributed by atoms with Crippen LogP contribution in [0.5, 0.6) is 5.75 Å². The lowest BCUT2D eigenvalue weighted by Crippen LogP contribution is -1.95. The first-order valence-corrected chi connectivity index (χ1v) is 10.8. The molecule has 0 bridgehead atoms. The van der Waals surface area contributed by atoms with E-state index < -0.39 is 0 Å². The van der Waals surface area contributed by atoms with Crippen molar-refractivity contribution in [2.45, 2.75) is 0 Å². The molecule has 0 atom stereocenters. The number of aromatic nitrogens is 4. The number of rotatable bonds is 2. The van der Waals surface area contributed by atoms with Crippen LogP contribution in [0, 0.1) is 0 Å². The highest BCUT2D eigenvalue weighted by Crippen LogP contribution is 2.40. The first-order valence-electron chi connectivity index (χ1n) is 10.8. The minimum absolute atomic E-state index is 0.804. The predicted octanol–water partition coefficient (Wildman–Crippen LogP) is 6.41. The molecule has 0 saturated heterocycles. The largest absolute Gasteiger partial charge is 0.495 e. The van der Waals surface area contributed by atoms with Gasteiger partial charge in [0.25, 0.3) is 0 Å². The topological polar surface area (TPSA) is 52.3 Å². The van der Waals surface area contributed by atoms with E-state index in [-0.39, 0.29) is 0 Å². The third kappa shape index (κ3) is 2.44. The second-order valence-electron chi connectivity index (χ2n) is 8.09. The molecule has 0 N–H and O–H groups in total. The molecule has 5 nitrogen and oxygen atoms in total. The van der Waals surface area contributed by atoms with Gasteiger partial charge in [-0.05, 0) is 35.4 Å². The van der Waals surface area contributed by atoms with Crippen LogP contribution in [0.4, 0.5) is 0 Å². The molecule has 7 rings (SSSR count). The Labute approximate surface area is 188 Å². The molecular weight excluding hydrogens is 408 g/mol. The summed E-state index contributed by atoms with van der Waals surface area (Å²) in [6.45, 7) is 0. The Morgan fingerprint density at radius 1 is 0.697 bits per heavy atom. The van der Waals surface area contributed by atoms with Crippen LogP contribution in [-0.2, 0) is 0 Å². The van der Waals surface area contributed by atoms with Crippen LogP contribution < -0.4 is 4.74 Å². The molecule has 0 aliphatic carbocycles. The van der Waals surface area contributed by atoms with Crippen molar-refractivity contribution in [2.75, 3.05) is 7.11 Å². The standard InChI is InChI=1S/C28H18N4O/c1-33-22-16-32-27-21-13-7-15-30-25(21)24-20(12-6-14-29-24)26(27)31-28(32)23-18(10-5-11-19(22)23)17-8-3-2-4-9-17/h2-16H,1H3. The Morgan fingerprint density at radius 3 is 2.21 bits per heavy atom. The molecule has 5 heteroatoms. The molecule has 3 aromatic carbocycles. The molecule has 0 saturated carbocycles. The smallest absolute Gasteiger partial charge is 0.146 e. The zero-order valence-corrected chi connectivity index (χ0v) is 17.9. The second kappa shape index (κ2) is 6.74. The molecule has 4 aromatic heterocycles. The van der Waals surface area contributed by atoms with Crippen LogP contribution in [0.25, 0.3) is 60.4 Å². The average molecular weight is 426 g/mol. The van der Waals surface area contributed by atoms with Crippen LogP contribution in [-0.4, -0.2) is 26.5 Å². The zero-order chi connectivity index (χ0) is 21.9. The minimum Gasteiger partial charge on any atom is -0.495 e. The third-order valence-corrected chi connectivity index (χ3v) is 6.37. The highest BCUT2D eigenvalue weighted by molar-refractivity contribution is 6.23. The first-order chi connectivity index (χ1) is 16.3. The lowest BCUT2D eigenvalue weighted by molar-refractivity contribution is 0.418. The molecular formula is C28H18N4O. The Kier molecular flexibility index (Phi) is 3.70. The van der Waals surface area contributed by atoms with E-state index in [0.717, 1.165) is 66.1 Å². The van der Waals surface area contributed by atoms with Gasteiger partial charge in [-0.25, -0.2) is 4.98 Å². The summed E-state index contributed by atoms with van der Waals surface area (Å²) in [7, 11) is 1.72. The van der Waals surface area contributed by atoms with Gasteiger partial charge in [0.1, 0.15) is 11.4 Å². The van der Waals surface area contributed by atoms with Crippen molar-refractivity contribution < 1.29 is 4.74 Å². The van der Waals surface area contributed by atoms with Crippen molar-refractivity contribution in [3.05, 3.63) is 91.4 Å². The normalized spacial score (nSPS) is 11.8. The average Bonchev–Trinajstić information content (AvgIpc) is 3.28. The number of hydrogen-bond donors (Lipinski definition) is 0. The Morgan fingerprint density at radius 2 is 1.42 bits per heavy atom. The molecule has 7 aromatic rings. The fraction of sp³-hybridized carbons (Fsp3) is 0.0357. The van der Waals surface area contributed by atoms with E-state index in [2.05, 4.69) is 69.0 Å². The quantitative estimate of drug-likeness (QED) is 0.300. The van der Waals surface area contributed by atoms with Gasteiger partial charge >= 0.3 is 0 Å². The van der Waals surface area contributed by atoms with Crippen molar-refractivity contribution >= 4 is 49.3 Å². The summed E-state index contributed by atoms with van der Waals surface area (Å²) in [5.41, 5.74) is 6.82. The Balaban J connectivity index is 1.79. The van der Waals surface area contributed by atoms with E-state index in [1.54, 1.807) is 7.11 Å². The molecule has 0 aliphatic rings. The van der Waals surface area contributed by atoms with Gasteiger partial charge in [0.05, 0.1) is 35.4 Å². The summed E-state index contributed by atoms with van der Waals surface area (Å²) in [5, 5.41) is 4.11. The highest BCUT2D eigenvalue weighted by Gasteiger charge is 2.20. The molecule has 0 amide bonds. The summed E-state index contributed by atoms with van der Waals surface area (Å²) in [6, 6.07) is 24.8. The number of fused-ring (bicyclic) bond motifs is 10. The van der Waals surface area contributed by atoms with Crippen molar-refractivity contribution in [1.29, 1.82) is 0 Å². The third-order valence-electron chi connectivity index (χ3n) is 6.37. The highest BCUT2D eigenvalue weighted by atomic mass is 16.5. The predicted molar refractivity (Wildman–Crippen MR) is 133 cm³/mol. The van der Waals surface area contributed by atoms with Gasteiger partial charge in [0.2, 0.25) is 0 Å².